The monoisotopic (exact) mass is 152 g/mol. The van der Waals surface area contributed by atoms with E-state index in [2.05, 4.69) is 13.0 Å². The van der Waals surface area contributed by atoms with E-state index >= 15 is 0 Å². The topological polar surface area (TPSA) is 0 Å². The summed E-state index contributed by atoms with van der Waals surface area (Å²) in [6.07, 6.45) is 5.49. The summed E-state index contributed by atoms with van der Waals surface area (Å²) in [4.78, 5) is 3.15. The van der Waals surface area contributed by atoms with Crippen LogP contribution in [-0.2, 0) is 12.8 Å². The number of thiophene rings is 1. The molecule has 0 amide bonds. The molecule has 0 fully saturated rings. The van der Waals surface area contributed by atoms with Gasteiger partial charge in [0, 0.05) is 9.75 Å². The third-order valence-corrected chi connectivity index (χ3v) is 3.27. The van der Waals surface area contributed by atoms with E-state index in [0.29, 0.717) is 0 Å². The minimum absolute atomic E-state index is 1.33. The first-order valence-electron chi connectivity index (χ1n) is 3.94. The minimum Gasteiger partial charge on any atom is -0.145 e. The quantitative estimate of drug-likeness (QED) is 0.536. The molecule has 0 N–H and O–H groups in total. The van der Waals surface area contributed by atoms with Crippen molar-refractivity contribution in [3.63, 3.8) is 0 Å². The summed E-state index contributed by atoms with van der Waals surface area (Å²) in [5, 5.41) is 0. The molecule has 1 aromatic rings. The number of hydrogen-bond donors (Lipinski definition) is 0. The van der Waals surface area contributed by atoms with Crippen LogP contribution in [0.1, 0.15) is 28.2 Å². The van der Waals surface area contributed by atoms with Gasteiger partial charge >= 0.3 is 0 Å². The molecule has 2 rings (SSSR count). The van der Waals surface area contributed by atoms with Crippen LogP contribution in [0.15, 0.2) is 6.07 Å². The molecule has 1 aromatic heterocycles. The Hall–Kier alpha value is -0.300. The Balaban J connectivity index is 2.41. The summed E-state index contributed by atoms with van der Waals surface area (Å²) in [7, 11) is 0. The van der Waals surface area contributed by atoms with Crippen LogP contribution in [0.4, 0.5) is 0 Å². The lowest BCUT2D eigenvalue weighted by molar-refractivity contribution is 0.697. The summed E-state index contributed by atoms with van der Waals surface area (Å²) in [5.74, 6) is 0. The molecule has 0 saturated carbocycles. The Kier molecular flexibility index (Phi) is 1.53. The first-order valence-corrected chi connectivity index (χ1v) is 4.76. The highest BCUT2D eigenvalue weighted by Gasteiger charge is 2.10. The standard InChI is InChI=1S/C9H12S/c1-7-6-8-4-2-3-5-9(8)10-7/h6H,2-5H2,1H3. The van der Waals surface area contributed by atoms with Gasteiger partial charge in [0.2, 0.25) is 0 Å². The molecule has 0 bridgehead atoms. The molecule has 1 heteroatoms. The molecule has 54 valence electrons. The van der Waals surface area contributed by atoms with E-state index < -0.39 is 0 Å². The zero-order valence-corrected chi connectivity index (χ0v) is 7.13. The number of fused-ring (bicyclic) bond motifs is 1. The number of hydrogen-bond acceptors (Lipinski definition) is 1. The van der Waals surface area contributed by atoms with Gasteiger partial charge in [-0.2, -0.15) is 0 Å². The Morgan fingerprint density at radius 2 is 2.10 bits per heavy atom. The van der Waals surface area contributed by atoms with Gasteiger partial charge in [-0.05, 0) is 44.2 Å². The van der Waals surface area contributed by atoms with Gasteiger partial charge in [0.05, 0.1) is 0 Å². The van der Waals surface area contributed by atoms with E-state index in [-0.39, 0.29) is 0 Å². The Morgan fingerprint density at radius 1 is 1.30 bits per heavy atom. The van der Waals surface area contributed by atoms with Gasteiger partial charge in [-0.1, -0.05) is 0 Å². The van der Waals surface area contributed by atoms with Crippen LogP contribution in [0.25, 0.3) is 0 Å². The van der Waals surface area contributed by atoms with Crippen LogP contribution >= 0.6 is 11.3 Å². The van der Waals surface area contributed by atoms with E-state index in [1.165, 1.54) is 30.6 Å². The number of rotatable bonds is 0. The van der Waals surface area contributed by atoms with Crippen molar-refractivity contribution >= 4 is 11.3 Å². The molecule has 1 aliphatic rings. The van der Waals surface area contributed by atoms with E-state index in [9.17, 15) is 0 Å². The van der Waals surface area contributed by atoms with Gasteiger partial charge in [-0.15, -0.1) is 11.3 Å². The van der Waals surface area contributed by atoms with Gasteiger partial charge in [0.1, 0.15) is 0 Å². The summed E-state index contributed by atoms with van der Waals surface area (Å²) >= 11 is 1.99. The number of aryl methyl sites for hydroxylation is 3. The first-order chi connectivity index (χ1) is 4.86. The van der Waals surface area contributed by atoms with Crippen LogP contribution in [0.2, 0.25) is 0 Å². The summed E-state index contributed by atoms with van der Waals surface area (Å²) in [6, 6.07) is 2.36. The fourth-order valence-electron chi connectivity index (χ4n) is 1.64. The lowest BCUT2D eigenvalue weighted by Gasteiger charge is -2.08. The smallest absolute Gasteiger partial charge is 0.00800 e. The van der Waals surface area contributed by atoms with E-state index in [1.54, 1.807) is 10.4 Å². The minimum atomic E-state index is 1.33. The van der Waals surface area contributed by atoms with Crippen molar-refractivity contribution in [3.05, 3.63) is 21.4 Å². The highest BCUT2D eigenvalue weighted by atomic mass is 32.1. The molecule has 0 aliphatic heterocycles. The van der Waals surface area contributed by atoms with Crippen molar-refractivity contribution < 1.29 is 0 Å². The zero-order valence-electron chi connectivity index (χ0n) is 6.31. The van der Waals surface area contributed by atoms with Crippen molar-refractivity contribution in [2.24, 2.45) is 0 Å². The lowest BCUT2D eigenvalue weighted by atomic mass is 9.99. The summed E-state index contributed by atoms with van der Waals surface area (Å²) in [5.41, 5.74) is 1.63. The van der Waals surface area contributed by atoms with Gasteiger partial charge in [0.15, 0.2) is 0 Å². The van der Waals surface area contributed by atoms with Crippen LogP contribution in [0.3, 0.4) is 0 Å². The molecule has 0 aromatic carbocycles. The van der Waals surface area contributed by atoms with Crippen LogP contribution in [0.5, 0.6) is 0 Å². The maximum Gasteiger partial charge on any atom is 0.00800 e. The van der Waals surface area contributed by atoms with Gasteiger partial charge in [0.25, 0.3) is 0 Å². The third kappa shape index (κ3) is 0.988. The summed E-state index contributed by atoms with van der Waals surface area (Å²) < 4.78 is 0. The largest absolute Gasteiger partial charge is 0.145 e. The predicted octanol–water partition coefficient (Wildman–Crippen LogP) is 2.94. The highest BCUT2D eigenvalue weighted by Crippen LogP contribution is 2.28. The SMILES string of the molecule is Cc1cc2c(s1)CCCC2. The lowest BCUT2D eigenvalue weighted by Crippen LogP contribution is -1.96. The van der Waals surface area contributed by atoms with Crippen molar-refractivity contribution in [1.82, 2.24) is 0 Å². The Bertz CT molecular complexity index is 211. The fraction of sp³-hybridized carbons (Fsp3) is 0.556. The molecule has 0 unspecified atom stereocenters. The van der Waals surface area contributed by atoms with Crippen molar-refractivity contribution in [2.75, 3.05) is 0 Å². The first kappa shape index (κ1) is 6.41. The average Bonchev–Trinajstić information content (AvgIpc) is 2.27. The second-order valence-corrected chi connectivity index (χ2v) is 4.35. The highest BCUT2D eigenvalue weighted by molar-refractivity contribution is 7.12. The Morgan fingerprint density at radius 3 is 2.90 bits per heavy atom. The molecule has 0 spiro atoms. The maximum atomic E-state index is 2.36. The molecule has 1 heterocycles. The fourth-order valence-corrected chi connectivity index (χ4v) is 2.77. The van der Waals surface area contributed by atoms with Crippen molar-refractivity contribution in [1.29, 1.82) is 0 Å². The molecule has 1 aliphatic carbocycles. The average molecular weight is 152 g/mol. The van der Waals surface area contributed by atoms with Crippen molar-refractivity contribution in [2.45, 2.75) is 32.6 Å². The zero-order chi connectivity index (χ0) is 6.97. The second-order valence-electron chi connectivity index (χ2n) is 3.01. The maximum absolute atomic E-state index is 2.36. The Labute approximate surface area is 65.9 Å². The van der Waals surface area contributed by atoms with Gasteiger partial charge in [-0.25, -0.2) is 0 Å². The molecule has 0 nitrogen and oxygen atoms in total. The van der Waals surface area contributed by atoms with E-state index in [4.69, 9.17) is 0 Å². The predicted molar refractivity (Wildman–Crippen MR) is 45.7 cm³/mol. The van der Waals surface area contributed by atoms with Gasteiger partial charge < -0.3 is 0 Å². The third-order valence-electron chi connectivity index (χ3n) is 2.12. The molecule has 10 heavy (non-hydrogen) atoms. The molecular weight excluding hydrogens is 140 g/mol. The molecule has 0 saturated heterocycles. The molecule has 0 atom stereocenters. The van der Waals surface area contributed by atoms with Gasteiger partial charge in [-0.3, -0.25) is 0 Å². The second kappa shape index (κ2) is 2.39. The van der Waals surface area contributed by atoms with Crippen LogP contribution in [-0.4, -0.2) is 0 Å². The summed E-state index contributed by atoms with van der Waals surface area (Å²) in [6.45, 7) is 2.21. The molecular formula is C9H12S. The van der Waals surface area contributed by atoms with E-state index in [1.807, 2.05) is 11.3 Å². The van der Waals surface area contributed by atoms with Crippen LogP contribution < -0.4 is 0 Å². The van der Waals surface area contributed by atoms with Crippen LogP contribution in [0, 0.1) is 6.92 Å². The van der Waals surface area contributed by atoms with E-state index in [0.717, 1.165) is 0 Å². The molecule has 0 radical (unpaired) electrons. The normalized spacial score (nSPS) is 16.9. The van der Waals surface area contributed by atoms with Crippen molar-refractivity contribution in [3.8, 4) is 0 Å².